The molecule has 1 aliphatic heterocycles. The van der Waals surface area contributed by atoms with Crippen LogP contribution in [0.1, 0.15) is 65.5 Å². The van der Waals surface area contributed by atoms with Crippen LogP contribution in [0.25, 0.3) is 11.1 Å². The lowest BCUT2D eigenvalue weighted by Gasteiger charge is -2.43. The molecule has 4 nitrogen and oxygen atoms in total. The van der Waals surface area contributed by atoms with Gasteiger partial charge in [-0.05, 0) is 74.8 Å². The molecule has 4 heteroatoms. The predicted octanol–water partition coefficient (Wildman–Crippen LogP) is 6.25. The lowest BCUT2D eigenvalue weighted by atomic mass is 9.73. The minimum Gasteiger partial charge on any atom is -0.487 e. The van der Waals surface area contributed by atoms with Gasteiger partial charge in [0.1, 0.15) is 5.60 Å². The van der Waals surface area contributed by atoms with Crippen molar-refractivity contribution in [3.63, 3.8) is 0 Å². The van der Waals surface area contributed by atoms with Gasteiger partial charge in [-0.3, -0.25) is 4.79 Å². The van der Waals surface area contributed by atoms with E-state index in [0.717, 1.165) is 34.6 Å². The molecule has 2 aromatic rings. The lowest BCUT2D eigenvalue weighted by molar-refractivity contribution is -0.136. The van der Waals surface area contributed by atoms with Gasteiger partial charge in [-0.2, -0.15) is 0 Å². The second kappa shape index (κ2) is 9.47. The van der Waals surface area contributed by atoms with Crippen LogP contribution < -0.4 is 9.47 Å². The molecule has 0 fully saturated rings. The lowest BCUT2D eigenvalue weighted by Crippen LogP contribution is -2.41. The highest BCUT2D eigenvalue weighted by molar-refractivity contribution is 5.71. The maximum atomic E-state index is 10.8. The van der Waals surface area contributed by atoms with E-state index in [1.165, 1.54) is 5.56 Å². The first-order valence-electron chi connectivity index (χ1n) is 10.7. The van der Waals surface area contributed by atoms with Crippen molar-refractivity contribution in [3.8, 4) is 35.5 Å². The number of hydrogen-bond acceptors (Lipinski definition) is 3. The van der Waals surface area contributed by atoms with Crippen molar-refractivity contribution < 1.29 is 19.4 Å². The van der Waals surface area contributed by atoms with E-state index in [0.29, 0.717) is 6.42 Å². The number of aliphatic carboxylic acids is 1. The zero-order chi connectivity index (χ0) is 23.4. The van der Waals surface area contributed by atoms with Crippen LogP contribution in [0.3, 0.4) is 0 Å². The van der Waals surface area contributed by atoms with Gasteiger partial charge in [-0.1, -0.05) is 38.1 Å². The number of carboxylic acid groups (broad SMARTS) is 1. The number of aryl methyl sites for hydroxylation is 1. The molecule has 0 spiro atoms. The molecular formula is C27H34O4. The van der Waals surface area contributed by atoms with Crippen LogP contribution in [0.4, 0.5) is 0 Å². The number of benzene rings is 2. The van der Waals surface area contributed by atoms with E-state index in [9.17, 15) is 4.79 Å². The van der Waals surface area contributed by atoms with Gasteiger partial charge in [-0.25, -0.2) is 0 Å². The Morgan fingerprint density at radius 1 is 1.10 bits per heavy atom. The summed E-state index contributed by atoms with van der Waals surface area (Å²) < 4.78 is 12.5. The Bertz CT molecular complexity index is 934. The second-order valence-corrected chi connectivity index (χ2v) is 9.53. The Kier molecular flexibility index (Phi) is 7.44. The maximum Gasteiger partial charge on any atom is 0.303 e. The Morgan fingerprint density at radius 3 is 2.26 bits per heavy atom. The van der Waals surface area contributed by atoms with Crippen molar-refractivity contribution in [1.82, 2.24) is 0 Å². The molecule has 3 rings (SSSR count). The van der Waals surface area contributed by atoms with E-state index in [1.54, 1.807) is 0 Å². The molecule has 0 aromatic heterocycles. The molecule has 0 saturated heterocycles. The van der Waals surface area contributed by atoms with E-state index in [2.05, 4.69) is 64.8 Å². The number of hydrogen-bond donors (Lipinski definition) is 1. The first-order valence-corrected chi connectivity index (χ1v) is 10.7. The summed E-state index contributed by atoms with van der Waals surface area (Å²) >= 11 is 0. The Hall–Kier alpha value is -2.93. The Morgan fingerprint density at radius 2 is 1.71 bits per heavy atom. The quantitative estimate of drug-likeness (QED) is 0.559. The number of rotatable bonds is 6. The van der Waals surface area contributed by atoms with E-state index >= 15 is 0 Å². The SMILES string of the molecule is C#C.CC(C)Oc1cc(-c2ccc(CCC(=O)O)cc2)cc2c1OC(C)(C)CC2(C)C. The van der Waals surface area contributed by atoms with E-state index in [-0.39, 0.29) is 23.5 Å². The molecule has 0 unspecified atom stereocenters. The molecule has 1 aliphatic rings. The molecule has 0 bridgehead atoms. The van der Waals surface area contributed by atoms with Crippen LogP contribution in [-0.2, 0) is 16.6 Å². The summed E-state index contributed by atoms with van der Waals surface area (Å²) in [6.45, 7) is 12.8. The van der Waals surface area contributed by atoms with Crippen molar-refractivity contribution in [2.24, 2.45) is 0 Å². The third kappa shape index (κ3) is 6.04. The first kappa shape index (κ1) is 24.3. The fourth-order valence-corrected chi connectivity index (χ4v) is 4.31. The minimum atomic E-state index is -0.774. The Balaban J connectivity index is 0.00000166. The third-order valence-electron chi connectivity index (χ3n) is 5.31. The van der Waals surface area contributed by atoms with Gasteiger partial charge in [0, 0.05) is 12.0 Å². The summed E-state index contributed by atoms with van der Waals surface area (Å²) in [6.07, 6.45) is 9.65. The van der Waals surface area contributed by atoms with Gasteiger partial charge in [0.2, 0.25) is 0 Å². The van der Waals surface area contributed by atoms with Gasteiger partial charge in [0.25, 0.3) is 0 Å². The average Bonchev–Trinajstić information content (AvgIpc) is 2.67. The van der Waals surface area contributed by atoms with Crippen LogP contribution in [0, 0.1) is 12.8 Å². The first-order chi connectivity index (χ1) is 14.5. The smallest absolute Gasteiger partial charge is 0.303 e. The second-order valence-electron chi connectivity index (χ2n) is 9.53. The highest BCUT2D eigenvalue weighted by Gasteiger charge is 2.41. The topological polar surface area (TPSA) is 55.8 Å². The third-order valence-corrected chi connectivity index (χ3v) is 5.31. The van der Waals surface area contributed by atoms with Crippen LogP contribution in [0.5, 0.6) is 11.5 Å². The molecule has 0 amide bonds. The highest BCUT2D eigenvalue weighted by atomic mass is 16.5. The number of ether oxygens (including phenoxy) is 2. The summed E-state index contributed by atoms with van der Waals surface area (Å²) in [7, 11) is 0. The molecule has 2 aromatic carbocycles. The Labute approximate surface area is 186 Å². The van der Waals surface area contributed by atoms with Gasteiger partial charge in [0.05, 0.1) is 6.10 Å². The van der Waals surface area contributed by atoms with Gasteiger partial charge in [0.15, 0.2) is 11.5 Å². The summed E-state index contributed by atoms with van der Waals surface area (Å²) in [5.74, 6) is 0.856. The number of carboxylic acids is 1. The molecule has 1 heterocycles. The number of fused-ring (bicyclic) bond motifs is 1. The maximum absolute atomic E-state index is 10.8. The van der Waals surface area contributed by atoms with E-state index < -0.39 is 5.97 Å². The van der Waals surface area contributed by atoms with Crippen LogP contribution >= 0.6 is 0 Å². The van der Waals surface area contributed by atoms with Crippen LogP contribution in [-0.4, -0.2) is 22.8 Å². The molecule has 0 atom stereocenters. The van der Waals surface area contributed by atoms with Gasteiger partial charge >= 0.3 is 5.97 Å². The van der Waals surface area contributed by atoms with E-state index in [1.807, 2.05) is 26.0 Å². The van der Waals surface area contributed by atoms with Crippen molar-refractivity contribution in [3.05, 3.63) is 47.5 Å². The summed E-state index contributed by atoms with van der Waals surface area (Å²) in [5, 5.41) is 8.88. The zero-order valence-corrected chi connectivity index (χ0v) is 19.5. The van der Waals surface area contributed by atoms with Crippen molar-refractivity contribution in [2.75, 3.05) is 0 Å². The highest BCUT2D eigenvalue weighted by Crippen LogP contribution is 2.50. The van der Waals surface area contributed by atoms with Gasteiger partial charge in [-0.15, -0.1) is 12.8 Å². The minimum absolute atomic E-state index is 0.0381. The van der Waals surface area contributed by atoms with Crippen molar-refractivity contribution in [1.29, 1.82) is 0 Å². The molecule has 0 radical (unpaired) electrons. The predicted molar refractivity (Wildman–Crippen MR) is 126 cm³/mol. The molecular weight excluding hydrogens is 388 g/mol. The number of carbonyl (C=O) groups is 1. The average molecular weight is 423 g/mol. The molecule has 0 aliphatic carbocycles. The number of terminal acetylenes is 1. The summed E-state index contributed by atoms with van der Waals surface area (Å²) in [6, 6.07) is 12.4. The monoisotopic (exact) mass is 422 g/mol. The molecule has 0 saturated carbocycles. The molecule has 1 N–H and O–H groups in total. The fourth-order valence-electron chi connectivity index (χ4n) is 4.31. The summed E-state index contributed by atoms with van der Waals surface area (Å²) in [5.41, 5.74) is 4.07. The van der Waals surface area contributed by atoms with Gasteiger partial charge < -0.3 is 14.6 Å². The summed E-state index contributed by atoms with van der Waals surface area (Å²) in [4.78, 5) is 10.8. The fraction of sp³-hybridized carbons (Fsp3) is 0.444. The van der Waals surface area contributed by atoms with Crippen molar-refractivity contribution >= 4 is 5.97 Å². The molecule has 31 heavy (non-hydrogen) atoms. The normalized spacial score (nSPS) is 15.8. The zero-order valence-electron chi connectivity index (χ0n) is 19.5. The van der Waals surface area contributed by atoms with Crippen molar-refractivity contribution in [2.45, 2.75) is 77.9 Å². The largest absolute Gasteiger partial charge is 0.487 e. The van der Waals surface area contributed by atoms with Crippen LogP contribution in [0.2, 0.25) is 0 Å². The van der Waals surface area contributed by atoms with E-state index in [4.69, 9.17) is 14.6 Å². The standard InChI is InChI=1S/C25H32O4.C2H2/c1-16(2)28-21-14-19(18-10-7-17(8-11-18)9-12-22(26)27)13-20-23(21)29-25(5,6)15-24(20,3)4;1-2/h7-8,10-11,13-14,16H,9,12,15H2,1-6H3,(H,26,27);1-2H. The van der Waals surface area contributed by atoms with Crippen LogP contribution in [0.15, 0.2) is 36.4 Å². The molecule has 166 valence electrons.